The molecule has 0 saturated heterocycles. The second-order valence-electron chi connectivity index (χ2n) is 3.38. The fourth-order valence-corrected chi connectivity index (χ4v) is 1.66. The van der Waals surface area contributed by atoms with E-state index in [1.54, 1.807) is 9.69 Å². The van der Waals surface area contributed by atoms with Crippen LogP contribution in [0.5, 0.6) is 0 Å². The van der Waals surface area contributed by atoms with Gasteiger partial charge in [-0.1, -0.05) is 11.6 Å². The molecule has 0 aliphatic heterocycles. The molecule has 2 rings (SSSR count). The molecule has 0 fully saturated rings. The number of nitrogens with zero attached hydrogens (tertiary/aromatic N) is 3. The van der Waals surface area contributed by atoms with Gasteiger partial charge in [-0.25, -0.2) is 14.1 Å². The third kappa shape index (κ3) is 1.48. The van der Waals surface area contributed by atoms with Gasteiger partial charge < -0.3 is 10.7 Å². The first kappa shape index (κ1) is 10.0. The van der Waals surface area contributed by atoms with Crippen molar-refractivity contribution in [2.45, 2.75) is 0 Å². The molecule has 0 aliphatic rings. The van der Waals surface area contributed by atoms with Crippen molar-refractivity contribution in [2.24, 2.45) is 0 Å². The highest BCUT2D eigenvalue weighted by Crippen LogP contribution is 2.24. The van der Waals surface area contributed by atoms with Gasteiger partial charge in [0.15, 0.2) is 0 Å². The number of rotatable bonds is 1. The highest BCUT2D eigenvalue weighted by Gasteiger charge is 2.12. The minimum atomic E-state index is -0.493. The number of benzene rings is 1. The molecule has 2 N–H and O–H groups in total. The van der Waals surface area contributed by atoms with Crippen molar-refractivity contribution >= 4 is 28.6 Å². The summed E-state index contributed by atoms with van der Waals surface area (Å²) in [4.78, 5) is 4.04. The normalized spacial score (nSPS) is 10.9. The maximum absolute atomic E-state index is 13.2. The molecule has 2 aromatic rings. The average molecular weight is 229 g/mol. The molecule has 0 unspecified atom stereocenters. The van der Waals surface area contributed by atoms with Crippen molar-refractivity contribution in [3.63, 3.8) is 0 Å². The van der Waals surface area contributed by atoms with E-state index in [0.29, 0.717) is 17.0 Å². The lowest BCUT2D eigenvalue weighted by molar-refractivity contribution is 0.629. The van der Waals surface area contributed by atoms with Crippen LogP contribution in [0.3, 0.4) is 0 Å². The summed E-state index contributed by atoms with van der Waals surface area (Å²) in [5, 5.41) is 1.81. The first-order valence-electron chi connectivity index (χ1n) is 4.31. The van der Waals surface area contributed by atoms with Gasteiger partial charge >= 0.3 is 0 Å². The number of hydrogen-bond acceptors (Lipinski definition) is 3. The van der Waals surface area contributed by atoms with E-state index in [0.717, 1.165) is 0 Å². The smallest absolute Gasteiger partial charge is 0.220 e. The molecule has 0 radical (unpaired) electrons. The van der Waals surface area contributed by atoms with Crippen LogP contribution in [0.2, 0.25) is 5.02 Å². The Morgan fingerprint density at radius 1 is 1.47 bits per heavy atom. The van der Waals surface area contributed by atoms with Crippen LogP contribution in [0, 0.1) is 5.82 Å². The largest absolute Gasteiger partial charge is 0.368 e. The van der Waals surface area contributed by atoms with Gasteiger partial charge in [0.1, 0.15) is 5.82 Å². The summed E-state index contributed by atoms with van der Waals surface area (Å²) >= 11 is 5.70. The van der Waals surface area contributed by atoms with E-state index in [1.807, 2.05) is 14.1 Å². The Labute approximate surface area is 91.0 Å². The molecule has 1 aromatic heterocycles. The highest BCUT2D eigenvalue weighted by molar-refractivity contribution is 6.31. The molecule has 0 amide bonds. The van der Waals surface area contributed by atoms with E-state index < -0.39 is 5.82 Å². The number of fused-ring (bicyclic) bond motifs is 1. The van der Waals surface area contributed by atoms with E-state index >= 15 is 0 Å². The number of aromatic nitrogens is 2. The molecule has 80 valence electrons. The van der Waals surface area contributed by atoms with Crippen molar-refractivity contribution in [1.82, 2.24) is 9.66 Å². The van der Waals surface area contributed by atoms with Crippen LogP contribution in [-0.4, -0.2) is 23.8 Å². The van der Waals surface area contributed by atoms with Gasteiger partial charge in [-0.05, 0) is 6.07 Å². The van der Waals surface area contributed by atoms with Crippen LogP contribution < -0.4 is 10.7 Å². The first-order valence-corrected chi connectivity index (χ1v) is 4.69. The molecule has 0 atom stereocenters. The van der Waals surface area contributed by atoms with Crippen molar-refractivity contribution in [1.29, 1.82) is 0 Å². The van der Waals surface area contributed by atoms with Gasteiger partial charge in [0.2, 0.25) is 5.95 Å². The third-order valence-electron chi connectivity index (χ3n) is 2.10. The van der Waals surface area contributed by atoms with Crippen LogP contribution in [-0.2, 0) is 0 Å². The number of imidazole rings is 1. The minimum absolute atomic E-state index is 0.0606. The maximum Gasteiger partial charge on any atom is 0.220 e. The Bertz CT molecular complexity index is 520. The van der Waals surface area contributed by atoms with Crippen molar-refractivity contribution < 1.29 is 4.39 Å². The zero-order valence-electron chi connectivity index (χ0n) is 8.33. The molecule has 4 nitrogen and oxygen atoms in total. The van der Waals surface area contributed by atoms with Crippen molar-refractivity contribution in [3.05, 3.63) is 23.0 Å². The molecule has 0 aliphatic carbocycles. The topological polar surface area (TPSA) is 47.1 Å². The lowest BCUT2D eigenvalue weighted by atomic mass is 10.3. The third-order valence-corrected chi connectivity index (χ3v) is 2.39. The molecular weight excluding hydrogens is 219 g/mol. The summed E-state index contributed by atoms with van der Waals surface area (Å²) < 4.78 is 14.8. The van der Waals surface area contributed by atoms with E-state index in [1.165, 1.54) is 12.1 Å². The van der Waals surface area contributed by atoms with Gasteiger partial charge in [0.05, 0.1) is 16.1 Å². The van der Waals surface area contributed by atoms with Crippen molar-refractivity contribution in [3.8, 4) is 0 Å². The lowest BCUT2D eigenvalue weighted by Crippen LogP contribution is -2.26. The Morgan fingerprint density at radius 2 is 2.13 bits per heavy atom. The van der Waals surface area contributed by atoms with E-state index in [4.69, 9.17) is 17.3 Å². The van der Waals surface area contributed by atoms with Crippen LogP contribution in [0.1, 0.15) is 0 Å². The SMILES string of the molecule is CN(C)n1c(N)nc2cc(F)c(Cl)cc21. The van der Waals surface area contributed by atoms with Gasteiger partial charge in [-0.15, -0.1) is 0 Å². The fraction of sp³-hybridized carbons (Fsp3) is 0.222. The molecule has 1 heterocycles. The van der Waals surface area contributed by atoms with Gasteiger partial charge in [0.25, 0.3) is 0 Å². The monoisotopic (exact) mass is 228 g/mol. The summed E-state index contributed by atoms with van der Waals surface area (Å²) in [6.07, 6.45) is 0. The molecule has 0 bridgehead atoms. The molecule has 0 spiro atoms. The molecule has 6 heteroatoms. The highest BCUT2D eigenvalue weighted by atomic mass is 35.5. The second kappa shape index (κ2) is 3.27. The number of hydrogen-bond donors (Lipinski definition) is 1. The zero-order chi connectivity index (χ0) is 11.2. The molecule has 1 aromatic carbocycles. The van der Waals surface area contributed by atoms with Crippen molar-refractivity contribution in [2.75, 3.05) is 24.8 Å². The summed E-state index contributed by atoms with van der Waals surface area (Å²) in [6, 6.07) is 2.78. The number of nitrogen functional groups attached to an aromatic ring is 1. The van der Waals surface area contributed by atoms with Crippen LogP contribution in [0.15, 0.2) is 12.1 Å². The summed E-state index contributed by atoms with van der Waals surface area (Å²) in [6.45, 7) is 0. The first-order chi connectivity index (χ1) is 7.00. The quantitative estimate of drug-likeness (QED) is 0.807. The van der Waals surface area contributed by atoms with Crippen LogP contribution >= 0.6 is 11.6 Å². The van der Waals surface area contributed by atoms with Crippen LogP contribution in [0.4, 0.5) is 10.3 Å². The van der Waals surface area contributed by atoms with Gasteiger partial charge in [-0.3, -0.25) is 0 Å². The number of halogens is 2. The minimum Gasteiger partial charge on any atom is -0.368 e. The zero-order valence-corrected chi connectivity index (χ0v) is 9.09. The fourth-order valence-electron chi connectivity index (χ4n) is 1.50. The standard InChI is InChI=1S/C9H10ClFN4/c1-14(2)15-8-3-5(10)6(11)4-7(8)13-9(15)12/h3-4H,1-2H3,(H2,12,13). The Hall–Kier alpha value is -1.49. The van der Waals surface area contributed by atoms with E-state index in [-0.39, 0.29) is 5.02 Å². The Morgan fingerprint density at radius 3 is 2.73 bits per heavy atom. The number of nitrogens with two attached hydrogens (primary N) is 1. The Kier molecular flexibility index (Phi) is 2.19. The summed E-state index contributed by atoms with van der Waals surface area (Å²) in [5.41, 5.74) is 6.87. The maximum atomic E-state index is 13.2. The molecular formula is C9H10ClFN4. The summed E-state index contributed by atoms with van der Waals surface area (Å²) in [7, 11) is 3.63. The summed E-state index contributed by atoms with van der Waals surface area (Å²) in [5.74, 6) is -0.191. The van der Waals surface area contributed by atoms with Gasteiger partial charge in [0, 0.05) is 20.2 Å². The van der Waals surface area contributed by atoms with E-state index in [2.05, 4.69) is 4.98 Å². The number of anilines is 1. The predicted molar refractivity (Wildman–Crippen MR) is 59.2 cm³/mol. The molecule has 0 saturated carbocycles. The Balaban J connectivity index is 2.81. The predicted octanol–water partition coefficient (Wildman–Crippen LogP) is 1.61. The molecule has 15 heavy (non-hydrogen) atoms. The average Bonchev–Trinajstić information content (AvgIpc) is 2.41. The van der Waals surface area contributed by atoms with Gasteiger partial charge in [-0.2, -0.15) is 0 Å². The second-order valence-corrected chi connectivity index (χ2v) is 3.79. The van der Waals surface area contributed by atoms with E-state index in [9.17, 15) is 4.39 Å². The lowest BCUT2D eigenvalue weighted by Gasteiger charge is -2.16. The van der Waals surface area contributed by atoms with Crippen LogP contribution in [0.25, 0.3) is 11.0 Å².